The van der Waals surface area contributed by atoms with E-state index in [-0.39, 0.29) is 5.92 Å². The molecule has 0 spiro atoms. The van der Waals surface area contributed by atoms with Crippen LogP contribution in [0.15, 0.2) is 28.7 Å². The highest BCUT2D eigenvalue weighted by Crippen LogP contribution is 2.24. The fourth-order valence-corrected chi connectivity index (χ4v) is 4.23. The molecular weight excluding hydrogens is 440 g/mol. The van der Waals surface area contributed by atoms with Crippen LogP contribution in [0.5, 0.6) is 0 Å². The Labute approximate surface area is 179 Å². The molecule has 160 valence electrons. The lowest BCUT2D eigenvalue weighted by atomic mass is 9.96. The summed E-state index contributed by atoms with van der Waals surface area (Å²) in [6.07, 6.45) is 7.11. The Kier molecular flexibility index (Phi) is 9.60. The third kappa shape index (κ3) is 7.78. The summed E-state index contributed by atoms with van der Waals surface area (Å²) < 4.78 is 1.17. The van der Waals surface area contributed by atoms with Gasteiger partial charge in [0.2, 0.25) is 5.91 Å². The lowest BCUT2D eigenvalue weighted by Gasteiger charge is -2.35. The van der Waals surface area contributed by atoms with Crippen LogP contribution in [0.2, 0.25) is 0 Å². The molecule has 1 amide bonds. The molecule has 2 fully saturated rings. The van der Waals surface area contributed by atoms with Crippen molar-refractivity contribution >= 4 is 33.8 Å². The van der Waals surface area contributed by atoms with E-state index in [0.29, 0.717) is 5.91 Å². The lowest BCUT2D eigenvalue weighted by Crippen LogP contribution is -2.44. The third-order valence-electron chi connectivity index (χ3n) is 5.31. The van der Waals surface area contributed by atoms with Gasteiger partial charge in [0.25, 0.3) is 0 Å². The van der Waals surface area contributed by atoms with E-state index in [2.05, 4.69) is 50.0 Å². The minimum atomic E-state index is -1.82. The topological polar surface area (TPSA) is 98.2 Å². The number of halogens is 1. The number of likely N-dealkylation sites (tertiary alicyclic amines) is 2. The molecule has 8 heteroatoms. The molecule has 2 heterocycles. The summed E-state index contributed by atoms with van der Waals surface area (Å²) in [4.78, 5) is 35.6. The van der Waals surface area contributed by atoms with Crippen LogP contribution in [0, 0.1) is 5.92 Å². The number of benzene rings is 1. The molecule has 0 aromatic heterocycles. The maximum atomic E-state index is 12.9. The Bertz CT molecular complexity index is 692. The first kappa shape index (κ1) is 23.3. The summed E-state index contributed by atoms with van der Waals surface area (Å²) >= 11 is 3.64. The standard InChI is InChI=1S/C19H27BrN2O.C2H2O4/c20-18-10-4-3-8-16(18)14-21-11-7-9-17(15-21)19(23)22-12-5-1-2-6-13-22;3-1(4)2(5)6/h3-4,8,10,17H,1-2,5-7,9,11-15H2;(H,3,4)(H,5,6). The van der Waals surface area contributed by atoms with Crippen LogP contribution in [0.25, 0.3) is 0 Å². The largest absolute Gasteiger partial charge is 0.473 e. The Hall–Kier alpha value is -1.93. The highest BCUT2D eigenvalue weighted by atomic mass is 79.9. The van der Waals surface area contributed by atoms with Crippen LogP contribution in [-0.4, -0.2) is 64.0 Å². The molecule has 1 unspecified atom stereocenters. The van der Waals surface area contributed by atoms with E-state index in [1.165, 1.54) is 35.7 Å². The molecule has 1 aromatic carbocycles. The van der Waals surface area contributed by atoms with Gasteiger partial charge in [-0.05, 0) is 43.9 Å². The minimum Gasteiger partial charge on any atom is -0.473 e. The minimum absolute atomic E-state index is 0.198. The Morgan fingerprint density at radius 1 is 0.931 bits per heavy atom. The predicted octanol–water partition coefficient (Wildman–Crippen LogP) is 3.22. The van der Waals surface area contributed by atoms with Gasteiger partial charge in [0, 0.05) is 30.7 Å². The van der Waals surface area contributed by atoms with Gasteiger partial charge in [0.15, 0.2) is 0 Å². The molecule has 1 aromatic rings. The van der Waals surface area contributed by atoms with Crippen LogP contribution in [0.1, 0.15) is 44.1 Å². The van der Waals surface area contributed by atoms with Crippen LogP contribution >= 0.6 is 15.9 Å². The quantitative estimate of drug-likeness (QED) is 0.660. The van der Waals surface area contributed by atoms with Crippen LogP contribution in [-0.2, 0) is 20.9 Å². The number of hydrogen-bond donors (Lipinski definition) is 2. The van der Waals surface area contributed by atoms with Gasteiger partial charge >= 0.3 is 11.9 Å². The second kappa shape index (κ2) is 11.9. The first-order valence-electron chi connectivity index (χ1n) is 10.1. The normalized spacial score (nSPS) is 20.2. The number of rotatable bonds is 3. The van der Waals surface area contributed by atoms with Gasteiger partial charge in [0.05, 0.1) is 5.92 Å². The average Bonchev–Trinajstić information content (AvgIpc) is 2.99. The Morgan fingerprint density at radius 2 is 1.55 bits per heavy atom. The number of piperidine rings is 1. The van der Waals surface area contributed by atoms with E-state index >= 15 is 0 Å². The monoisotopic (exact) mass is 468 g/mol. The first-order chi connectivity index (χ1) is 13.9. The molecule has 2 N–H and O–H groups in total. The van der Waals surface area contributed by atoms with Crippen molar-refractivity contribution in [2.24, 2.45) is 5.92 Å². The van der Waals surface area contributed by atoms with Gasteiger partial charge in [-0.3, -0.25) is 9.69 Å². The maximum Gasteiger partial charge on any atom is 0.414 e. The molecule has 1 atom stereocenters. The zero-order valence-electron chi connectivity index (χ0n) is 16.6. The average molecular weight is 469 g/mol. The van der Waals surface area contributed by atoms with E-state index in [4.69, 9.17) is 19.8 Å². The molecule has 2 aliphatic rings. The van der Waals surface area contributed by atoms with E-state index in [1.54, 1.807) is 0 Å². The number of carbonyl (C=O) groups is 3. The zero-order valence-corrected chi connectivity index (χ0v) is 18.1. The number of hydrogen-bond acceptors (Lipinski definition) is 4. The zero-order chi connectivity index (χ0) is 21.2. The molecule has 0 saturated carbocycles. The van der Waals surface area contributed by atoms with Crippen molar-refractivity contribution in [1.29, 1.82) is 0 Å². The molecular formula is C21H29BrN2O5. The highest BCUT2D eigenvalue weighted by Gasteiger charge is 2.29. The van der Waals surface area contributed by atoms with E-state index < -0.39 is 11.9 Å². The number of carboxylic acid groups (broad SMARTS) is 2. The van der Waals surface area contributed by atoms with Gasteiger partial charge in [-0.1, -0.05) is 47.0 Å². The second-order valence-corrected chi connectivity index (χ2v) is 8.37. The van der Waals surface area contributed by atoms with Crippen molar-refractivity contribution < 1.29 is 24.6 Å². The molecule has 3 rings (SSSR count). The summed E-state index contributed by atoms with van der Waals surface area (Å²) in [6.45, 7) is 4.89. The van der Waals surface area contributed by atoms with Crippen molar-refractivity contribution in [3.05, 3.63) is 34.3 Å². The van der Waals surface area contributed by atoms with Crippen LogP contribution in [0.4, 0.5) is 0 Å². The molecule has 29 heavy (non-hydrogen) atoms. The van der Waals surface area contributed by atoms with Gasteiger partial charge in [-0.15, -0.1) is 0 Å². The van der Waals surface area contributed by atoms with E-state index in [0.717, 1.165) is 45.6 Å². The summed E-state index contributed by atoms with van der Waals surface area (Å²) in [5.74, 6) is -3.04. The van der Waals surface area contributed by atoms with Gasteiger partial charge in [0.1, 0.15) is 0 Å². The molecule has 2 saturated heterocycles. The third-order valence-corrected chi connectivity index (χ3v) is 6.08. The van der Waals surface area contributed by atoms with E-state index in [9.17, 15) is 4.79 Å². The molecule has 2 aliphatic heterocycles. The number of carboxylic acids is 2. The molecule has 0 aliphatic carbocycles. The number of amides is 1. The molecule has 7 nitrogen and oxygen atoms in total. The number of nitrogens with zero attached hydrogens (tertiary/aromatic N) is 2. The van der Waals surface area contributed by atoms with Crippen molar-refractivity contribution in [2.75, 3.05) is 26.2 Å². The molecule has 0 radical (unpaired) electrons. The Morgan fingerprint density at radius 3 is 2.14 bits per heavy atom. The van der Waals surface area contributed by atoms with Crippen molar-refractivity contribution in [2.45, 2.75) is 45.1 Å². The van der Waals surface area contributed by atoms with Crippen LogP contribution < -0.4 is 0 Å². The van der Waals surface area contributed by atoms with Crippen molar-refractivity contribution in [3.8, 4) is 0 Å². The van der Waals surface area contributed by atoms with Gasteiger partial charge in [-0.25, -0.2) is 9.59 Å². The summed E-state index contributed by atoms with van der Waals surface area (Å²) in [5.41, 5.74) is 1.32. The molecule has 0 bridgehead atoms. The summed E-state index contributed by atoms with van der Waals surface area (Å²) in [6, 6.07) is 8.41. The number of carbonyl (C=O) groups excluding carboxylic acids is 1. The fraction of sp³-hybridized carbons (Fsp3) is 0.571. The van der Waals surface area contributed by atoms with Gasteiger partial charge in [-0.2, -0.15) is 0 Å². The smallest absolute Gasteiger partial charge is 0.414 e. The highest BCUT2D eigenvalue weighted by molar-refractivity contribution is 9.10. The first-order valence-corrected chi connectivity index (χ1v) is 10.9. The van der Waals surface area contributed by atoms with E-state index in [1.807, 2.05) is 0 Å². The summed E-state index contributed by atoms with van der Waals surface area (Å²) in [5, 5.41) is 14.8. The SMILES string of the molecule is O=C(C1CCCN(Cc2ccccc2Br)C1)N1CCCCCC1.O=C(O)C(=O)O. The van der Waals surface area contributed by atoms with Gasteiger partial charge < -0.3 is 15.1 Å². The van der Waals surface area contributed by atoms with Crippen molar-refractivity contribution in [3.63, 3.8) is 0 Å². The Balaban J connectivity index is 0.000000438. The summed E-state index contributed by atoms with van der Waals surface area (Å²) in [7, 11) is 0. The number of aliphatic carboxylic acids is 2. The van der Waals surface area contributed by atoms with Crippen LogP contribution in [0.3, 0.4) is 0 Å². The van der Waals surface area contributed by atoms with Crippen molar-refractivity contribution in [1.82, 2.24) is 9.80 Å². The second-order valence-electron chi connectivity index (χ2n) is 7.52. The fourth-order valence-electron chi connectivity index (χ4n) is 3.82. The maximum absolute atomic E-state index is 12.9. The predicted molar refractivity (Wildman–Crippen MR) is 112 cm³/mol. The lowest BCUT2D eigenvalue weighted by molar-refractivity contribution is -0.159.